The maximum atomic E-state index is 13.3. The van der Waals surface area contributed by atoms with Crippen molar-refractivity contribution in [1.29, 1.82) is 0 Å². The molecule has 0 amide bonds. The fourth-order valence-electron chi connectivity index (χ4n) is 4.87. The maximum Gasteiger partial charge on any atom is 0.416 e. The van der Waals surface area contributed by atoms with E-state index in [0.29, 0.717) is 24.6 Å². The topological polar surface area (TPSA) is 114 Å². The van der Waals surface area contributed by atoms with Crippen molar-refractivity contribution < 1.29 is 26.0 Å². The highest BCUT2D eigenvalue weighted by Crippen LogP contribution is 2.39. The summed E-state index contributed by atoms with van der Waals surface area (Å²) in [5, 5.41) is 3.37. The number of rotatable bonds is 6. The van der Waals surface area contributed by atoms with Gasteiger partial charge < -0.3 is 9.88 Å². The predicted molar refractivity (Wildman–Crippen MR) is 152 cm³/mol. The first kappa shape index (κ1) is 28.3. The van der Waals surface area contributed by atoms with Crippen LogP contribution in [-0.4, -0.2) is 34.5 Å². The van der Waals surface area contributed by atoms with Crippen LogP contribution >= 0.6 is 0 Å². The standard InChI is InChI=1S/C29H23F4N7O2S/c1-17-2-5-22(39-43(41,42)16-23-13-19(8-9-34-23)29(31,32)33)14-24(17)25-12-18-15-36-28(37-21-6-3-20(30)4-7-21)38-26(18)40-11-10-35-27(25)40/h2-9,12-15,35,39H,10-11,16H2,1H3. The molecule has 0 aliphatic carbocycles. The van der Waals surface area contributed by atoms with Gasteiger partial charge in [0.25, 0.3) is 5.62 Å². The number of halogens is 4. The summed E-state index contributed by atoms with van der Waals surface area (Å²) in [6.07, 6.45) is -2.03. The smallest absolute Gasteiger partial charge is 0.369 e. The Morgan fingerprint density at radius 2 is 1.81 bits per heavy atom. The van der Waals surface area contributed by atoms with Crippen LogP contribution in [0.4, 0.5) is 34.8 Å². The van der Waals surface area contributed by atoms with Gasteiger partial charge in [0.2, 0.25) is 10.0 Å². The molecule has 3 aromatic rings. The van der Waals surface area contributed by atoms with Crippen LogP contribution in [0.15, 0.2) is 78.0 Å². The van der Waals surface area contributed by atoms with Crippen LogP contribution < -0.4 is 15.7 Å². The van der Waals surface area contributed by atoms with E-state index in [1.54, 1.807) is 24.4 Å². The number of pyridine rings is 2. The third-order valence-corrected chi connectivity index (χ3v) is 8.05. The van der Waals surface area contributed by atoms with Gasteiger partial charge in [-0.3, -0.25) is 9.71 Å². The van der Waals surface area contributed by atoms with Crippen LogP contribution in [0.3, 0.4) is 0 Å². The SMILES string of the molecule is Cc1ccc(NS(=O)(=O)Cc2cc(C(F)(F)F)ccn2)cc1-c1cc2cnc(=Nc3ccc(F)cc3)nc-2n2c1NCC2. The highest BCUT2D eigenvalue weighted by molar-refractivity contribution is 7.91. The number of sulfonamides is 1. The lowest BCUT2D eigenvalue weighted by Gasteiger charge is -2.19. The molecule has 3 aliphatic rings. The van der Waals surface area contributed by atoms with Crippen LogP contribution in [0, 0.1) is 12.7 Å². The molecule has 0 atom stereocenters. The number of nitrogens with one attached hydrogen (secondary N) is 2. The number of alkyl halides is 3. The van der Waals surface area contributed by atoms with E-state index >= 15 is 0 Å². The van der Waals surface area contributed by atoms with E-state index in [2.05, 4.69) is 30.0 Å². The monoisotopic (exact) mass is 609 g/mol. The first-order valence-electron chi connectivity index (χ1n) is 13.0. The number of hydrogen-bond donors (Lipinski definition) is 2. The van der Waals surface area contributed by atoms with Gasteiger partial charge in [-0.15, -0.1) is 0 Å². The van der Waals surface area contributed by atoms with E-state index in [1.165, 1.54) is 24.3 Å². The molecule has 1 aromatic heterocycles. The molecule has 3 aliphatic heterocycles. The molecule has 6 rings (SSSR count). The summed E-state index contributed by atoms with van der Waals surface area (Å²) < 4.78 is 82.8. The van der Waals surface area contributed by atoms with E-state index in [9.17, 15) is 26.0 Å². The number of hydrogen-bond acceptors (Lipinski definition) is 7. The van der Waals surface area contributed by atoms with E-state index in [4.69, 9.17) is 0 Å². The van der Waals surface area contributed by atoms with Gasteiger partial charge in [-0.1, -0.05) is 6.07 Å². The second-order valence-electron chi connectivity index (χ2n) is 9.95. The lowest BCUT2D eigenvalue weighted by molar-refractivity contribution is -0.137. The summed E-state index contributed by atoms with van der Waals surface area (Å²) >= 11 is 0. The molecule has 0 bridgehead atoms. The van der Waals surface area contributed by atoms with Gasteiger partial charge in [-0.2, -0.15) is 18.2 Å². The van der Waals surface area contributed by atoms with Crippen molar-refractivity contribution in [2.24, 2.45) is 4.99 Å². The zero-order valence-electron chi connectivity index (χ0n) is 22.5. The highest BCUT2D eigenvalue weighted by atomic mass is 32.2. The third-order valence-electron chi connectivity index (χ3n) is 6.83. The fourth-order valence-corrected chi connectivity index (χ4v) is 5.98. The summed E-state index contributed by atoms with van der Waals surface area (Å²) in [5.41, 5.74) is 2.88. The molecule has 14 heteroatoms. The average molecular weight is 610 g/mol. The summed E-state index contributed by atoms with van der Waals surface area (Å²) in [6.45, 7) is 3.13. The maximum absolute atomic E-state index is 13.3. The Bertz CT molecular complexity index is 1990. The van der Waals surface area contributed by atoms with Crippen LogP contribution in [0.2, 0.25) is 0 Å². The Morgan fingerprint density at radius 1 is 1.02 bits per heavy atom. The summed E-state index contributed by atoms with van der Waals surface area (Å²) in [4.78, 5) is 17.2. The molecule has 0 saturated carbocycles. The van der Waals surface area contributed by atoms with Crippen molar-refractivity contribution in [3.8, 4) is 22.5 Å². The lowest BCUT2D eigenvalue weighted by Crippen LogP contribution is -2.17. The second-order valence-corrected chi connectivity index (χ2v) is 11.7. The van der Waals surface area contributed by atoms with Gasteiger partial charge in [-0.05, 0) is 72.6 Å². The lowest BCUT2D eigenvalue weighted by atomic mass is 9.98. The highest BCUT2D eigenvalue weighted by Gasteiger charge is 2.31. The predicted octanol–water partition coefficient (Wildman–Crippen LogP) is 5.51. The van der Waals surface area contributed by atoms with Gasteiger partial charge >= 0.3 is 6.18 Å². The minimum Gasteiger partial charge on any atom is -0.369 e. The number of benzene rings is 2. The minimum atomic E-state index is -4.61. The van der Waals surface area contributed by atoms with Crippen LogP contribution in [-0.2, 0) is 28.5 Å². The van der Waals surface area contributed by atoms with Crippen molar-refractivity contribution in [1.82, 2.24) is 19.5 Å². The second kappa shape index (κ2) is 10.8. The molecule has 43 heavy (non-hydrogen) atoms. The first-order valence-corrected chi connectivity index (χ1v) is 14.7. The largest absolute Gasteiger partial charge is 0.416 e. The van der Waals surface area contributed by atoms with Gasteiger partial charge in [-0.25, -0.2) is 22.8 Å². The summed E-state index contributed by atoms with van der Waals surface area (Å²) in [5.74, 6) is 0.314. The molecule has 0 fully saturated rings. The number of fused-ring (bicyclic) bond motifs is 3. The fraction of sp³-hybridized carbons (Fsp3) is 0.172. The Kier molecular flexibility index (Phi) is 7.08. The Labute approximate surface area is 243 Å². The molecule has 2 aromatic carbocycles. The third kappa shape index (κ3) is 6.04. The molecule has 9 nitrogen and oxygen atoms in total. The zero-order chi connectivity index (χ0) is 30.4. The van der Waals surface area contributed by atoms with E-state index in [0.717, 1.165) is 46.4 Å². The Hall–Kier alpha value is -4.85. The summed E-state index contributed by atoms with van der Waals surface area (Å²) in [6, 6.07) is 14.1. The van der Waals surface area contributed by atoms with Crippen molar-refractivity contribution in [3.63, 3.8) is 0 Å². The van der Waals surface area contributed by atoms with Gasteiger partial charge in [0.15, 0.2) is 0 Å². The summed E-state index contributed by atoms with van der Waals surface area (Å²) in [7, 11) is -4.09. The van der Waals surface area contributed by atoms with Crippen molar-refractivity contribution in [2.75, 3.05) is 16.6 Å². The molecule has 220 valence electrons. The van der Waals surface area contributed by atoms with Crippen molar-refractivity contribution in [2.45, 2.75) is 25.4 Å². The molecule has 0 unspecified atom stereocenters. The molecular formula is C29H23F4N7O2S. The van der Waals surface area contributed by atoms with Crippen molar-refractivity contribution in [3.05, 3.63) is 101 Å². The van der Waals surface area contributed by atoms with E-state index in [-0.39, 0.29) is 22.8 Å². The number of anilines is 2. The Morgan fingerprint density at radius 3 is 2.58 bits per heavy atom. The van der Waals surface area contributed by atoms with Crippen molar-refractivity contribution >= 4 is 27.2 Å². The molecule has 0 radical (unpaired) electrons. The number of aryl methyl sites for hydroxylation is 1. The first-order chi connectivity index (χ1) is 20.4. The van der Waals surface area contributed by atoms with E-state index < -0.39 is 27.5 Å². The normalized spacial score (nSPS) is 13.7. The molecular weight excluding hydrogens is 586 g/mol. The zero-order valence-corrected chi connectivity index (χ0v) is 23.3. The van der Waals surface area contributed by atoms with Gasteiger partial charge in [0.05, 0.1) is 16.9 Å². The number of aromatic nitrogens is 4. The molecule has 4 heterocycles. The molecule has 0 saturated heterocycles. The van der Waals surface area contributed by atoms with Gasteiger partial charge in [0, 0.05) is 42.3 Å². The van der Waals surface area contributed by atoms with Crippen LogP contribution in [0.5, 0.6) is 0 Å². The van der Waals surface area contributed by atoms with Crippen LogP contribution in [0.1, 0.15) is 16.8 Å². The minimum absolute atomic E-state index is 0.219. The van der Waals surface area contributed by atoms with Crippen LogP contribution in [0.25, 0.3) is 22.5 Å². The quantitative estimate of drug-likeness (QED) is 0.246. The van der Waals surface area contributed by atoms with Gasteiger partial charge in [0.1, 0.15) is 23.2 Å². The molecule has 0 spiro atoms. The number of nitrogens with zero attached hydrogens (tertiary/aromatic N) is 5. The molecule has 2 N–H and O–H groups in total. The average Bonchev–Trinajstić information content (AvgIpc) is 3.45. The van der Waals surface area contributed by atoms with E-state index in [1.807, 2.05) is 17.6 Å². The Balaban J connectivity index is 1.34.